The molecular formula is C15H23NO6S. The summed E-state index contributed by atoms with van der Waals surface area (Å²) in [5.74, 6) is 0.240. The molecule has 0 bridgehead atoms. The van der Waals surface area contributed by atoms with E-state index in [4.69, 9.17) is 14.2 Å². The number of rotatable bonds is 7. The van der Waals surface area contributed by atoms with Crippen LogP contribution in [0.4, 0.5) is 0 Å². The number of benzene rings is 1. The van der Waals surface area contributed by atoms with Gasteiger partial charge in [0.25, 0.3) is 0 Å². The molecule has 2 rings (SSSR count). The second kappa shape index (κ2) is 7.59. The summed E-state index contributed by atoms with van der Waals surface area (Å²) < 4.78 is 43.1. The molecule has 8 heteroatoms. The number of aliphatic hydroxyl groups excluding tert-OH is 1. The van der Waals surface area contributed by atoms with Crippen molar-refractivity contribution in [2.75, 3.05) is 34.2 Å². The molecule has 1 aliphatic rings. The van der Waals surface area contributed by atoms with E-state index >= 15 is 0 Å². The van der Waals surface area contributed by atoms with Crippen molar-refractivity contribution < 1.29 is 27.7 Å². The van der Waals surface area contributed by atoms with Gasteiger partial charge in [-0.2, -0.15) is 4.31 Å². The van der Waals surface area contributed by atoms with Gasteiger partial charge in [-0.3, -0.25) is 0 Å². The number of sulfonamides is 1. The van der Waals surface area contributed by atoms with Crippen LogP contribution in [0.2, 0.25) is 0 Å². The van der Waals surface area contributed by atoms with Gasteiger partial charge in [-0.05, 0) is 25.0 Å². The van der Waals surface area contributed by atoms with Gasteiger partial charge in [0.1, 0.15) is 10.6 Å². The first kappa shape index (κ1) is 18.2. The normalized spacial score (nSPS) is 22.4. The number of hydrogen-bond donors (Lipinski definition) is 1. The van der Waals surface area contributed by atoms with E-state index in [1.807, 2.05) is 0 Å². The highest BCUT2D eigenvalue weighted by Gasteiger charge is 2.41. The van der Waals surface area contributed by atoms with Gasteiger partial charge in [-0.1, -0.05) is 12.1 Å². The third-order valence-corrected chi connectivity index (χ3v) is 6.05. The van der Waals surface area contributed by atoms with Crippen molar-refractivity contribution in [3.8, 4) is 5.75 Å². The third kappa shape index (κ3) is 3.67. The minimum absolute atomic E-state index is 0.0455. The van der Waals surface area contributed by atoms with Gasteiger partial charge in [-0.25, -0.2) is 8.42 Å². The summed E-state index contributed by atoms with van der Waals surface area (Å²) in [4.78, 5) is 0.104. The molecule has 23 heavy (non-hydrogen) atoms. The lowest BCUT2D eigenvalue weighted by atomic mass is 10.2. The molecule has 0 aromatic heterocycles. The van der Waals surface area contributed by atoms with E-state index in [0.29, 0.717) is 12.0 Å². The maximum atomic E-state index is 13.1. The number of methoxy groups -OCH3 is 2. The number of ether oxygens (including phenoxy) is 3. The van der Waals surface area contributed by atoms with Crippen LogP contribution < -0.4 is 4.74 Å². The summed E-state index contributed by atoms with van der Waals surface area (Å²) in [7, 11) is -0.816. The van der Waals surface area contributed by atoms with Crippen molar-refractivity contribution in [1.29, 1.82) is 0 Å². The maximum absolute atomic E-state index is 13.1. The van der Waals surface area contributed by atoms with Crippen LogP contribution in [-0.2, 0) is 19.5 Å². The molecule has 0 aliphatic carbocycles. The number of aryl methyl sites for hydroxylation is 1. The number of hydrogen-bond acceptors (Lipinski definition) is 6. The lowest BCUT2D eigenvalue weighted by molar-refractivity contribution is 0.0488. The summed E-state index contributed by atoms with van der Waals surface area (Å²) in [6, 6.07) is 4.53. The fraction of sp³-hybridized carbons (Fsp3) is 0.600. The molecule has 2 atom stereocenters. The summed E-state index contributed by atoms with van der Waals surface area (Å²) in [6.07, 6.45) is 0.237. The quantitative estimate of drug-likeness (QED) is 0.734. The van der Waals surface area contributed by atoms with Crippen LogP contribution in [0.25, 0.3) is 0 Å². The highest BCUT2D eigenvalue weighted by molar-refractivity contribution is 7.89. The molecule has 1 aromatic carbocycles. The molecule has 1 fully saturated rings. The van der Waals surface area contributed by atoms with Crippen molar-refractivity contribution in [2.24, 2.45) is 0 Å². The van der Waals surface area contributed by atoms with E-state index in [-0.39, 0.29) is 36.7 Å². The van der Waals surface area contributed by atoms with Gasteiger partial charge in [0.2, 0.25) is 10.0 Å². The van der Waals surface area contributed by atoms with Gasteiger partial charge >= 0.3 is 0 Å². The van der Waals surface area contributed by atoms with E-state index < -0.39 is 16.1 Å². The van der Waals surface area contributed by atoms with Crippen LogP contribution in [0, 0.1) is 6.92 Å². The topological polar surface area (TPSA) is 85.3 Å². The zero-order chi connectivity index (χ0) is 17.0. The SMILES string of the molecule is COCOc1cccc(C)c1S(=O)(=O)N1C[C@@H](OC)C[C@H]1CO. The fourth-order valence-electron chi connectivity index (χ4n) is 2.79. The fourth-order valence-corrected chi connectivity index (χ4v) is 4.78. The number of aliphatic hydroxyl groups is 1. The molecular weight excluding hydrogens is 322 g/mol. The van der Waals surface area contributed by atoms with Crippen LogP contribution in [0.15, 0.2) is 23.1 Å². The highest BCUT2D eigenvalue weighted by Crippen LogP contribution is 2.34. The van der Waals surface area contributed by atoms with E-state index in [1.54, 1.807) is 25.1 Å². The molecule has 0 radical (unpaired) electrons. The van der Waals surface area contributed by atoms with Crippen LogP contribution in [0.5, 0.6) is 5.75 Å². The largest absolute Gasteiger partial charge is 0.466 e. The van der Waals surface area contributed by atoms with Crippen molar-refractivity contribution in [3.63, 3.8) is 0 Å². The van der Waals surface area contributed by atoms with Crippen LogP contribution in [0.3, 0.4) is 0 Å². The van der Waals surface area contributed by atoms with Gasteiger partial charge in [-0.15, -0.1) is 0 Å². The first-order chi connectivity index (χ1) is 11.0. The van der Waals surface area contributed by atoms with E-state index in [9.17, 15) is 13.5 Å². The summed E-state index contributed by atoms with van der Waals surface area (Å²) >= 11 is 0. The predicted molar refractivity (Wildman–Crippen MR) is 83.9 cm³/mol. The zero-order valence-electron chi connectivity index (χ0n) is 13.6. The van der Waals surface area contributed by atoms with Gasteiger partial charge < -0.3 is 19.3 Å². The standard InChI is InChI=1S/C15H23NO6S/c1-11-5-4-6-14(22-10-20-2)15(11)23(18,19)16-8-13(21-3)7-12(16)9-17/h4-6,12-13,17H,7-10H2,1-3H3/t12-,13-/m0/s1. The minimum Gasteiger partial charge on any atom is -0.466 e. The van der Waals surface area contributed by atoms with E-state index in [2.05, 4.69) is 0 Å². The molecule has 0 saturated carbocycles. The minimum atomic E-state index is -3.82. The lowest BCUT2D eigenvalue weighted by Gasteiger charge is -2.24. The third-order valence-electron chi connectivity index (χ3n) is 3.94. The summed E-state index contributed by atoms with van der Waals surface area (Å²) in [5, 5.41) is 9.53. The molecule has 0 spiro atoms. The molecule has 1 aliphatic heterocycles. The monoisotopic (exact) mass is 345 g/mol. The zero-order valence-corrected chi connectivity index (χ0v) is 14.4. The Balaban J connectivity index is 2.43. The molecule has 0 amide bonds. The Kier molecular flexibility index (Phi) is 5.99. The Hall–Kier alpha value is -1.19. The Morgan fingerprint density at radius 1 is 1.35 bits per heavy atom. The predicted octanol–water partition coefficient (Wildman–Crippen LogP) is 0.748. The lowest BCUT2D eigenvalue weighted by Crippen LogP contribution is -2.38. The summed E-state index contributed by atoms with van der Waals surface area (Å²) in [6.45, 7) is 1.63. The second-order valence-corrected chi connectivity index (χ2v) is 7.28. The van der Waals surface area contributed by atoms with Crippen LogP contribution >= 0.6 is 0 Å². The van der Waals surface area contributed by atoms with Crippen LogP contribution in [0.1, 0.15) is 12.0 Å². The van der Waals surface area contributed by atoms with Crippen molar-refractivity contribution in [3.05, 3.63) is 23.8 Å². The van der Waals surface area contributed by atoms with E-state index in [1.165, 1.54) is 18.5 Å². The Bertz CT molecular complexity index is 633. The molecule has 1 aromatic rings. The average Bonchev–Trinajstić information content (AvgIpc) is 2.97. The molecule has 7 nitrogen and oxygen atoms in total. The Morgan fingerprint density at radius 2 is 2.09 bits per heavy atom. The second-order valence-electron chi connectivity index (χ2n) is 5.46. The van der Waals surface area contributed by atoms with Gasteiger partial charge in [0.15, 0.2) is 6.79 Å². The van der Waals surface area contributed by atoms with Crippen LogP contribution in [-0.4, -0.2) is 64.1 Å². The summed E-state index contributed by atoms with van der Waals surface area (Å²) in [5.41, 5.74) is 0.580. The van der Waals surface area contributed by atoms with Crippen molar-refractivity contribution in [1.82, 2.24) is 4.31 Å². The van der Waals surface area contributed by atoms with Gasteiger partial charge in [0.05, 0.1) is 18.8 Å². The Labute approximate surface area is 136 Å². The van der Waals surface area contributed by atoms with Gasteiger partial charge in [0, 0.05) is 20.8 Å². The maximum Gasteiger partial charge on any atom is 0.247 e. The Morgan fingerprint density at radius 3 is 2.70 bits per heavy atom. The molecule has 1 N–H and O–H groups in total. The average molecular weight is 345 g/mol. The molecule has 0 unspecified atom stereocenters. The molecule has 1 heterocycles. The highest BCUT2D eigenvalue weighted by atomic mass is 32.2. The number of nitrogens with zero attached hydrogens (tertiary/aromatic N) is 1. The molecule has 130 valence electrons. The smallest absolute Gasteiger partial charge is 0.247 e. The molecule has 1 saturated heterocycles. The first-order valence-electron chi connectivity index (χ1n) is 7.32. The van der Waals surface area contributed by atoms with Crippen molar-refractivity contribution in [2.45, 2.75) is 30.4 Å². The van der Waals surface area contributed by atoms with E-state index in [0.717, 1.165) is 0 Å². The first-order valence-corrected chi connectivity index (χ1v) is 8.76. The van der Waals surface area contributed by atoms with Crippen molar-refractivity contribution >= 4 is 10.0 Å².